The zero-order chi connectivity index (χ0) is 23.4. The maximum atomic E-state index is 14.3. The molecule has 0 amide bonds. The Morgan fingerprint density at radius 3 is 2.41 bits per heavy atom. The van der Waals surface area contributed by atoms with Gasteiger partial charge in [0.05, 0.1) is 29.0 Å². The van der Waals surface area contributed by atoms with Crippen molar-refractivity contribution in [2.24, 2.45) is 0 Å². The second kappa shape index (κ2) is 7.52. The van der Waals surface area contributed by atoms with Gasteiger partial charge in [0.2, 0.25) is 5.43 Å². The van der Waals surface area contributed by atoms with Gasteiger partial charge in [-0.3, -0.25) is 14.4 Å². The molecule has 34 heavy (non-hydrogen) atoms. The highest BCUT2D eigenvalue weighted by atomic mass is 19.1. The van der Waals surface area contributed by atoms with Gasteiger partial charge in [0.25, 0.3) is 0 Å². The summed E-state index contributed by atoms with van der Waals surface area (Å²) >= 11 is 0. The van der Waals surface area contributed by atoms with Crippen LogP contribution in [0, 0.1) is 5.82 Å². The summed E-state index contributed by atoms with van der Waals surface area (Å²) < 4.78 is 31.3. The number of benzene rings is 3. The lowest BCUT2D eigenvalue weighted by Gasteiger charge is -2.25. The highest BCUT2D eigenvalue weighted by Crippen LogP contribution is 2.42. The van der Waals surface area contributed by atoms with E-state index in [1.807, 2.05) is 0 Å². The Morgan fingerprint density at radius 1 is 0.765 bits per heavy atom. The SMILES string of the molecule is O=C1C[C@@H](c2coc3ccccc3c2=O)c2c(ccc3c(=O)c(-c4ccccc4F)coc23)O1. The summed E-state index contributed by atoms with van der Waals surface area (Å²) in [6, 6.07) is 15.7. The highest BCUT2D eigenvalue weighted by Gasteiger charge is 2.34. The van der Waals surface area contributed by atoms with Gasteiger partial charge in [0, 0.05) is 22.6 Å². The Hall–Kier alpha value is -4.52. The monoisotopic (exact) mass is 454 g/mol. The number of ether oxygens (including phenoxy) is 1. The number of rotatable bonds is 2. The normalized spacial score (nSPS) is 15.3. The summed E-state index contributed by atoms with van der Waals surface area (Å²) in [5.74, 6) is -1.62. The fourth-order valence-electron chi connectivity index (χ4n) is 4.52. The van der Waals surface area contributed by atoms with Crippen molar-refractivity contribution >= 4 is 27.9 Å². The second-order valence-electron chi connectivity index (χ2n) is 8.06. The maximum absolute atomic E-state index is 14.3. The Morgan fingerprint density at radius 2 is 1.56 bits per heavy atom. The summed E-state index contributed by atoms with van der Waals surface area (Å²) in [6.07, 6.45) is 2.40. The molecule has 3 aromatic carbocycles. The van der Waals surface area contributed by atoms with Crippen LogP contribution in [0.25, 0.3) is 33.1 Å². The highest BCUT2D eigenvalue weighted by molar-refractivity contribution is 5.90. The summed E-state index contributed by atoms with van der Waals surface area (Å²) in [4.78, 5) is 39.0. The van der Waals surface area contributed by atoms with Gasteiger partial charge in [-0.25, -0.2) is 4.39 Å². The number of hydrogen-bond acceptors (Lipinski definition) is 6. The van der Waals surface area contributed by atoms with Crippen LogP contribution in [0.2, 0.25) is 0 Å². The van der Waals surface area contributed by atoms with Crippen molar-refractivity contribution in [1.82, 2.24) is 0 Å². The Kier molecular flexibility index (Phi) is 4.45. The van der Waals surface area contributed by atoms with Crippen LogP contribution in [0.1, 0.15) is 23.5 Å². The van der Waals surface area contributed by atoms with Gasteiger partial charge in [0.15, 0.2) is 5.43 Å². The lowest BCUT2D eigenvalue weighted by atomic mass is 9.85. The van der Waals surface area contributed by atoms with Crippen molar-refractivity contribution in [3.8, 4) is 16.9 Å². The molecule has 0 fully saturated rings. The van der Waals surface area contributed by atoms with Crippen LogP contribution in [-0.4, -0.2) is 5.97 Å². The third kappa shape index (κ3) is 2.97. The molecule has 166 valence electrons. The van der Waals surface area contributed by atoms with E-state index in [1.165, 1.54) is 42.9 Å². The van der Waals surface area contributed by atoms with Crippen LogP contribution >= 0.6 is 0 Å². The summed E-state index contributed by atoms with van der Waals surface area (Å²) in [7, 11) is 0. The minimum absolute atomic E-state index is 0.0696. The number of carbonyl (C=O) groups is 1. The zero-order valence-electron chi connectivity index (χ0n) is 17.5. The van der Waals surface area contributed by atoms with Crippen LogP contribution in [-0.2, 0) is 4.79 Å². The van der Waals surface area contributed by atoms with E-state index in [0.29, 0.717) is 16.5 Å². The molecule has 0 bridgehead atoms. The predicted molar refractivity (Wildman–Crippen MR) is 122 cm³/mol. The summed E-state index contributed by atoms with van der Waals surface area (Å²) in [5, 5.41) is 0.566. The molecule has 2 aromatic heterocycles. The van der Waals surface area contributed by atoms with E-state index in [2.05, 4.69) is 0 Å². The van der Waals surface area contributed by atoms with Gasteiger partial charge < -0.3 is 13.6 Å². The largest absolute Gasteiger partial charge is 0.464 e. The van der Waals surface area contributed by atoms with Crippen LogP contribution in [0.4, 0.5) is 4.39 Å². The summed E-state index contributed by atoms with van der Waals surface area (Å²) in [5.41, 5.74) is 0.725. The van der Waals surface area contributed by atoms with Crippen molar-refractivity contribution in [1.29, 1.82) is 0 Å². The average molecular weight is 454 g/mol. The molecule has 1 atom stereocenters. The van der Waals surface area contributed by atoms with Crippen molar-refractivity contribution in [3.63, 3.8) is 0 Å². The third-order valence-corrected chi connectivity index (χ3v) is 6.13. The smallest absolute Gasteiger partial charge is 0.312 e. The molecule has 0 aliphatic carbocycles. The Labute approximate surface area is 190 Å². The molecule has 0 spiro atoms. The van der Waals surface area contributed by atoms with E-state index >= 15 is 0 Å². The lowest BCUT2D eigenvalue weighted by molar-refractivity contribution is -0.135. The lowest BCUT2D eigenvalue weighted by Crippen LogP contribution is -2.25. The first kappa shape index (κ1) is 20.1. The first-order valence-corrected chi connectivity index (χ1v) is 10.6. The minimum atomic E-state index is -0.747. The summed E-state index contributed by atoms with van der Waals surface area (Å²) in [6.45, 7) is 0. The second-order valence-corrected chi connectivity index (χ2v) is 8.06. The number of fused-ring (bicyclic) bond motifs is 4. The molecule has 0 saturated heterocycles. The fraction of sp³-hybridized carbons (Fsp3) is 0.0741. The Bertz CT molecular complexity index is 1750. The molecular formula is C27H15FO6. The molecule has 7 heteroatoms. The average Bonchev–Trinajstić information content (AvgIpc) is 2.84. The van der Waals surface area contributed by atoms with Crippen LogP contribution < -0.4 is 15.6 Å². The Balaban J connectivity index is 1.61. The van der Waals surface area contributed by atoms with Gasteiger partial charge in [-0.1, -0.05) is 30.3 Å². The van der Waals surface area contributed by atoms with E-state index in [0.717, 1.165) is 0 Å². The van der Waals surface area contributed by atoms with E-state index in [1.54, 1.807) is 30.3 Å². The number of carbonyl (C=O) groups excluding carboxylic acids is 1. The van der Waals surface area contributed by atoms with Crippen LogP contribution in [0.15, 0.2) is 91.6 Å². The van der Waals surface area contributed by atoms with Crippen LogP contribution in [0.5, 0.6) is 5.75 Å². The topological polar surface area (TPSA) is 86.7 Å². The quantitative estimate of drug-likeness (QED) is 0.271. The van der Waals surface area contributed by atoms with Crippen molar-refractivity contribution < 1.29 is 22.8 Å². The first-order valence-electron chi connectivity index (χ1n) is 10.6. The molecule has 3 heterocycles. The standard InChI is InChI=1S/C27H15FO6/c28-20-7-3-1-5-14(20)18-13-33-27-16(26(18)31)9-10-22-24(27)17(11-23(29)34-22)19-12-32-21-8-4-2-6-15(21)25(19)30/h1-10,12-13,17H,11H2/t17-/m0/s1. The number of para-hydroxylation sites is 1. The third-order valence-electron chi connectivity index (χ3n) is 6.13. The molecule has 0 unspecified atom stereocenters. The molecule has 0 radical (unpaired) electrons. The van der Waals surface area contributed by atoms with Gasteiger partial charge in [-0.05, 0) is 30.3 Å². The van der Waals surface area contributed by atoms with Gasteiger partial charge in [0.1, 0.15) is 29.0 Å². The van der Waals surface area contributed by atoms with E-state index < -0.39 is 23.1 Å². The number of hydrogen-bond donors (Lipinski definition) is 0. The van der Waals surface area contributed by atoms with Crippen molar-refractivity contribution in [2.75, 3.05) is 0 Å². The van der Waals surface area contributed by atoms with E-state index in [-0.39, 0.29) is 45.3 Å². The number of esters is 1. The van der Waals surface area contributed by atoms with E-state index in [9.17, 15) is 18.8 Å². The first-order chi connectivity index (χ1) is 16.5. The van der Waals surface area contributed by atoms with Gasteiger partial charge in [-0.2, -0.15) is 0 Å². The molecule has 0 N–H and O–H groups in total. The molecular weight excluding hydrogens is 439 g/mol. The predicted octanol–water partition coefficient (Wildman–Crippen LogP) is 5.15. The van der Waals surface area contributed by atoms with Gasteiger partial charge in [-0.15, -0.1) is 0 Å². The molecule has 0 saturated carbocycles. The molecule has 1 aliphatic heterocycles. The molecule has 6 nitrogen and oxygen atoms in total. The maximum Gasteiger partial charge on any atom is 0.312 e. The minimum Gasteiger partial charge on any atom is -0.464 e. The van der Waals surface area contributed by atoms with Crippen molar-refractivity contribution in [3.05, 3.63) is 111 Å². The molecule has 5 aromatic rings. The van der Waals surface area contributed by atoms with E-state index in [4.69, 9.17) is 13.6 Å². The molecule has 6 rings (SSSR count). The van der Waals surface area contributed by atoms with Crippen LogP contribution in [0.3, 0.4) is 0 Å². The fourth-order valence-corrected chi connectivity index (χ4v) is 4.52. The van der Waals surface area contributed by atoms with Crippen molar-refractivity contribution in [2.45, 2.75) is 12.3 Å². The zero-order valence-corrected chi connectivity index (χ0v) is 17.5. The number of halogens is 1. The van der Waals surface area contributed by atoms with Gasteiger partial charge >= 0.3 is 5.97 Å². The molecule has 1 aliphatic rings.